The molecule has 0 spiro atoms. The molecule has 2 aromatic rings. The van der Waals surface area contributed by atoms with Crippen molar-refractivity contribution >= 4 is 34.5 Å². The van der Waals surface area contributed by atoms with Gasteiger partial charge in [0.15, 0.2) is 0 Å². The van der Waals surface area contributed by atoms with Gasteiger partial charge in [-0.15, -0.1) is 0 Å². The third-order valence-corrected chi connectivity index (χ3v) is 4.94. The number of allylic oxidation sites excluding steroid dienone is 3. The maximum Gasteiger partial charge on any atom is 0.255 e. The third kappa shape index (κ3) is 10.6. The average Bonchev–Trinajstić information content (AvgIpc) is 2.78. The summed E-state index contributed by atoms with van der Waals surface area (Å²) in [6.07, 6.45) is 8.57. The molecule has 0 heterocycles. The van der Waals surface area contributed by atoms with Crippen molar-refractivity contribution in [1.82, 2.24) is 5.32 Å². The highest BCUT2D eigenvalue weighted by Crippen LogP contribution is 2.25. The number of benzene rings is 2. The van der Waals surface area contributed by atoms with Gasteiger partial charge in [-0.2, -0.15) is 0 Å². The molecule has 1 amide bonds. The second kappa shape index (κ2) is 15.9. The van der Waals surface area contributed by atoms with Crippen molar-refractivity contribution in [2.75, 3.05) is 31.3 Å². The lowest BCUT2D eigenvalue weighted by Gasteiger charge is -2.09. The maximum atomic E-state index is 12.8. The van der Waals surface area contributed by atoms with E-state index in [1.165, 1.54) is 0 Å². The quantitative estimate of drug-likeness (QED) is 0.196. The first-order valence-corrected chi connectivity index (χ1v) is 11.8. The van der Waals surface area contributed by atoms with Crippen LogP contribution in [0.1, 0.15) is 44.2 Å². The zero-order valence-corrected chi connectivity index (χ0v) is 21.4. The van der Waals surface area contributed by atoms with E-state index < -0.39 is 0 Å². The van der Waals surface area contributed by atoms with Gasteiger partial charge >= 0.3 is 0 Å². The molecule has 33 heavy (non-hydrogen) atoms. The molecule has 4 nitrogen and oxygen atoms in total. The summed E-state index contributed by atoms with van der Waals surface area (Å²) in [5, 5.41) is 9.74. The number of hydrogen-bond acceptors (Lipinski definition) is 3. The van der Waals surface area contributed by atoms with Gasteiger partial charge < -0.3 is 16.0 Å². The standard InChI is InChI=1S/C26H31ClN2O.C2H7N/c1-5-7-17-28-22-12-14-23(15-13-22)29-26(30)21(8-6-2)11-10-20(4)24-16-9-19(3)18-25(24)27;1-3-2/h8-16,18,28H,4-7,17H2,1-3H3,(H,29,30);3H,1-2H3/b11-10-,21-8+;. The van der Waals surface area contributed by atoms with Gasteiger partial charge in [0.2, 0.25) is 0 Å². The minimum atomic E-state index is -0.150. The molecule has 5 heteroatoms. The fourth-order valence-electron chi connectivity index (χ4n) is 2.90. The van der Waals surface area contributed by atoms with E-state index in [0.717, 1.165) is 53.9 Å². The Morgan fingerprint density at radius 1 is 1.03 bits per heavy atom. The lowest BCUT2D eigenvalue weighted by Crippen LogP contribution is -2.13. The predicted octanol–water partition coefficient (Wildman–Crippen LogP) is 7.24. The van der Waals surface area contributed by atoms with Crippen LogP contribution in [0, 0.1) is 6.92 Å². The Kier molecular flexibility index (Phi) is 13.6. The van der Waals surface area contributed by atoms with Gasteiger partial charge in [-0.3, -0.25) is 4.79 Å². The summed E-state index contributed by atoms with van der Waals surface area (Å²) in [7, 11) is 3.75. The maximum absolute atomic E-state index is 12.8. The molecule has 0 fully saturated rings. The van der Waals surface area contributed by atoms with Gasteiger partial charge in [-0.25, -0.2) is 0 Å². The molecule has 178 valence electrons. The van der Waals surface area contributed by atoms with E-state index >= 15 is 0 Å². The molecule has 2 rings (SSSR count). The zero-order chi connectivity index (χ0) is 24.6. The minimum Gasteiger partial charge on any atom is -0.385 e. The molecule has 0 bridgehead atoms. The number of nitrogens with one attached hydrogen (secondary N) is 3. The molecule has 0 radical (unpaired) electrons. The molecule has 0 saturated heterocycles. The van der Waals surface area contributed by atoms with Gasteiger partial charge in [0.05, 0.1) is 0 Å². The highest BCUT2D eigenvalue weighted by atomic mass is 35.5. The SMILES string of the molecule is C=C(/C=C\C(=C/CC)C(=O)Nc1ccc(NCCCC)cc1)c1ccc(C)cc1Cl.CNC. The second-order valence-corrected chi connectivity index (χ2v) is 8.13. The van der Waals surface area contributed by atoms with Crippen LogP contribution in [0.25, 0.3) is 5.57 Å². The van der Waals surface area contributed by atoms with Crippen molar-refractivity contribution in [2.45, 2.75) is 40.0 Å². The van der Waals surface area contributed by atoms with Crippen LogP contribution in [0.5, 0.6) is 0 Å². The molecule has 0 aliphatic carbocycles. The number of carbonyl (C=O) groups is 1. The Bertz CT molecular complexity index is 946. The van der Waals surface area contributed by atoms with E-state index in [1.54, 1.807) is 6.08 Å². The van der Waals surface area contributed by atoms with Crippen molar-refractivity contribution in [3.05, 3.63) is 89.0 Å². The van der Waals surface area contributed by atoms with E-state index in [1.807, 2.05) is 82.6 Å². The normalized spacial score (nSPS) is 11.0. The minimum absolute atomic E-state index is 0.150. The molecule has 3 N–H and O–H groups in total. The molecular formula is C28H38ClN3O. The Hall–Kier alpha value is -2.82. The van der Waals surface area contributed by atoms with Crippen LogP contribution in [0.3, 0.4) is 0 Å². The molecule has 0 aliphatic rings. The summed E-state index contributed by atoms with van der Waals surface area (Å²) in [6, 6.07) is 13.6. The summed E-state index contributed by atoms with van der Waals surface area (Å²) >= 11 is 6.33. The van der Waals surface area contributed by atoms with E-state index in [-0.39, 0.29) is 5.91 Å². The number of hydrogen-bond donors (Lipinski definition) is 3. The first-order valence-electron chi connectivity index (χ1n) is 11.4. The van der Waals surface area contributed by atoms with Crippen molar-refractivity contribution in [1.29, 1.82) is 0 Å². The number of amides is 1. The van der Waals surface area contributed by atoms with Crippen molar-refractivity contribution in [3.8, 4) is 0 Å². The Balaban J connectivity index is 0.00000172. The Morgan fingerprint density at radius 3 is 2.24 bits per heavy atom. The number of anilines is 2. The smallest absolute Gasteiger partial charge is 0.255 e. The van der Waals surface area contributed by atoms with Gasteiger partial charge in [0.1, 0.15) is 0 Å². The van der Waals surface area contributed by atoms with E-state index in [4.69, 9.17) is 11.6 Å². The summed E-state index contributed by atoms with van der Waals surface area (Å²) in [5.41, 5.74) is 5.12. The van der Waals surface area contributed by atoms with E-state index in [0.29, 0.717) is 10.6 Å². The van der Waals surface area contributed by atoms with Crippen LogP contribution in [0.15, 0.2) is 72.8 Å². The monoisotopic (exact) mass is 467 g/mol. The van der Waals surface area contributed by atoms with Gasteiger partial charge in [0, 0.05) is 28.5 Å². The average molecular weight is 468 g/mol. The first-order chi connectivity index (χ1) is 15.9. The van der Waals surface area contributed by atoms with Crippen LogP contribution >= 0.6 is 11.6 Å². The number of aryl methyl sites for hydroxylation is 1. The fourth-order valence-corrected chi connectivity index (χ4v) is 3.26. The third-order valence-electron chi connectivity index (χ3n) is 4.62. The van der Waals surface area contributed by atoms with Crippen LogP contribution in [0.2, 0.25) is 5.02 Å². The second-order valence-electron chi connectivity index (χ2n) is 7.72. The highest BCUT2D eigenvalue weighted by Gasteiger charge is 2.08. The molecule has 0 atom stereocenters. The summed E-state index contributed by atoms with van der Waals surface area (Å²) in [4.78, 5) is 12.8. The molecule has 2 aromatic carbocycles. The Labute approximate surface area is 204 Å². The first kappa shape index (κ1) is 28.2. The zero-order valence-electron chi connectivity index (χ0n) is 20.6. The Morgan fingerprint density at radius 2 is 1.67 bits per heavy atom. The predicted molar refractivity (Wildman–Crippen MR) is 146 cm³/mol. The summed E-state index contributed by atoms with van der Waals surface area (Å²) in [6.45, 7) is 11.2. The van der Waals surface area contributed by atoms with E-state index in [2.05, 4.69) is 29.5 Å². The summed E-state index contributed by atoms with van der Waals surface area (Å²) in [5.74, 6) is -0.150. The number of unbranched alkanes of at least 4 members (excludes halogenated alkanes) is 1. The lowest BCUT2D eigenvalue weighted by molar-refractivity contribution is -0.112. The topological polar surface area (TPSA) is 53.2 Å². The van der Waals surface area contributed by atoms with Crippen molar-refractivity contribution in [2.24, 2.45) is 0 Å². The van der Waals surface area contributed by atoms with Gasteiger partial charge in [-0.05, 0) is 87.0 Å². The number of carbonyl (C=O) groups excluding carboxylic acids is 1. The summed E-state index contributed by atoms with van der Waals surface area (Å²) < 4.78 is 0. The van der Waals surface area contributed by atoms with Crippen molar-refractivity contribution < 1.29 is 4.79 Å². The molecule has 0 saturated carbocycles. The molecule has 0 unspecified atom stereocenters. The largest absolute Gasteiger partial charge is 0.385 e. The molecule has 0 aliphatic heterocycles. The molecule has 0 aromatic heterocycles. The van der Waals surface area contributed by atoms with Crippen LogP contribution < -0.4 is 16.0 Å². The lowest BCUT2D eigenvalue weighted by atomic mass is 10.0. The van der Waals surface area contributed by atoms with E-state index in [9.17, 15) is 4.79 Å². The van der Waals surface area contributed by atoms with Gasteiger partial charge in [0.25, 0.3) is 5.91 Å². The number of rotatable bonds is 10. The van der Waals surface area contributed by atoms with Gasteiger partial charge in [-0.1, -0.05) is 62.7 Å². The number of halogens is 1. The fraction of sp³-hybridized carbons (Fsp3) is 0.321. The van der Waals surface area contributed by atoms with Crippen molar-refractivity contribution in [3.63, 3.8) is 0 Å². The van der Waals surface area contributed by atoms with Crippen LogP contribution in [0.4, 0.5) is 11.4 Å². The van der Waals surface area contributed by atoms with Crippen LogP contribution in [-0.2, 0) is 4.79 Å². The van der Waals surface area contributed by atoms with Crippen LogP contribution in [-0.4, -0.2) is 26.5 Å². The molecular weight excluding hydrogens is 430 g/mol. The highest BCUT2D eigenvalue weighted by molar-refractivity contribution is 6.32.